The maximum absolute atomic E-state index is 6.01. The van der Waals surface area contributed by atoms with Gasteiger partial charge >= 0.3 is 0 Å². The van der Waals surface area contributed by atoms with Crippen LogP contribution in [0, 0.1) is 0 Å². The van der Waals surface area contributed by atoms with Crippen molar-refractivity contribution >= 4 is 34.2 Å². The molecular formula is C20H27N5OS. The first-order chi connectivity index (χ1) is 13.3. The molecule has 0 bridgehead atoms. The highest BCUT2D eigenvalue weighted by Crippen LogP contribution is 2.40. The molecule has 2 aliphatic heterocycles. The third-order valence-corrected chi connectivity index (χ3v) is 7.18. The number of nitrogens with one attached hydrogen (secondary N) is 2. The lowest BCUT2D eigenvalue weighted by molar-refractivity contribution is -0.0157. The van der Waals surface area contributed by atoms with Crippen molar-refractivity contribution in [2.75, 3.05) is 16.8 Å². The smallest absolute Gasteiger partial charge is 0.159 e. The van der Waals surface area contributed by atoms with Crippen LogP contribution in [0.1, 0.15) is 51.0 Å². The fourth-order valence-corrected chi connectivity index (χ4v) is 5.70. The van der Waals surface area contributed by atoms with E-state index in [1.165, 1.54) is 32.1 Å². The fourth-order valence-electron chi connectivity index (χ4n) is 4.44. The molecule has 3 aliphatic rings. The van der Waals surface area contributed by atoms with Crippen LogP contribution in [0.25, 0.3) is 16.7 Å². The SMILES string of the molecule is CCn1ncc2c(NC3CCCCC3)c(C3=CC4(CCSC4)ON3)cnc21. The van der Waals surface area contributed by atoms with E-state index < -0.39 is 0 Å². The second-order valence-corrected chi connectivity index (χ2v) is 8.96. The summed E-state index contributed by atoms with van der Waals surface area (Å²) in [7, 11) is 0. The third-order valence-electron chi connectivity index (χ3n) is 6.00. The number of hydrogen-bond donors (Lipinski definition) is 2. The Morgan fingerprint density at radius 1 is 1.33 bits per heavy atom. The lowest BCUT2D eigenvalue weighted by Crippen LogP contribution is -2.28. The zero-order chi connectivity index (χ0) is 18.3. The summed E-state index contributed by atoms with van der Waals surface area (Å²) < 4.78 is 1.97. The number of nitrogens with zero attached hydrogens (tertiary/aromatic N) is 3. The van der Waals surface area contributed by atoms with Gasteiger partial charge < -0.3 is 5.32 Å². The van der Waals surface area contributed by atoms with E-state index in [0.717, 1.165) is 52.5 Å². The Kier molecular flexibility index (Phi) is 4.52. The summed E-state index contributed by atoms with van der Waals surface area (Å²) in [5.41, 5.74) is 7.28. The summed E-state index contributed by atoms with van der Waals surface area (Å²) >= 11 is 1.95. The average molecular weight is 386 g/mol. The summed E-state index contributed by atoms with van der Waals surface area (Å²) in [5, 5.41) is 9.50. The molecule has 0 radical (unpaired) electrons. The molecule has 144 valence electrons. The van der Waals surface area contributed by atoms with Gasteiger partial charge in [0.1, 0.15) is 5.60 Å². The van der Waals surface area contributed by atoms with E-state index in [1.54, 1.807) is 0 Å². The van der Waals surface area contributed by atoms with Crippen LogP contribution in [0.3, 0.4) is 0 Å². The zero-order valence-electron chi connectivity index (χ0n) is 15.8. The molecule has 0 amide bonds. The largest absolute Gasteiger partial charge is 0.381 e. The molecule has 2 aromatic rings. The Morgan fingerprint density at radius 2 is 2.22 bits per heavy atom. The molecule has 1 aliphatic carbocycles. The summed E-state index contributed by atoms with van der Waals surface area (Å²) in [6.07, 6.45) is 13.7. The van der Waals surface area contributed by atoms with E-state index >= 15 is 0 Å². The van der Waals surface area contributed by atoms with E-state index in [1.807, 2.05) is 28.8 Å². The van der Waals surface area contributed by atoms with Crippen molar-refractivity contribution in [2.24, 2.45) is 0 Å². The third kappa shape index (κ3) is 3.10. The van der Waals surface area contributed by atoms with Gasteiger partial charge in [0.05, 0.1) is 23.0 Å². The lowest BCUT2D eigenvalue weighted by atomic mass is 9.94. The Bertz CT molecular complexity index is 865. The van der Waals surface area contributed by atoms with Gasteiger partial charge in [-0.15, -0.1) is 0 Å². The minimum absolute atomic E-state index is 0.162. The Hall–Kier alpha value is -1.73. The van der Waals surface area contributed by atoms with Crippen molar-refractivity contribution in [3.05, 3.63) is 24.0 Å². The van der Waals surface area contributed by atoms with Crippen LogP contribution in [0.4, 0.5) is 5.69 Å². The Balaban J connectivity index is 1.57. The van der Waals surface area contributed by atoms with E-state index in [-0.39, 0.29) is 5.60 Å². The Morgan fingerprint density at radius 3 is 3.00 bits per heavy atom. The molecule has 2 fully saturated rings. The highest BCUT2D eigenvalue weighted by atomic mass is 32.2. The van der Waals surface area contributed by atoms with Crippen LogP contribution in [-0.2, 0) is 11.4 Å². The van der Waals surface area contributed by atoms with Crippen molar-refractivity contribution in [3.8, 4) is 0 Å². The lowest BCUT2D eigenvalue weighted by Gasteiger charge is -2.25. The van der Waals surface area contributed by atoms with Crippen LogP contribution in [-0.4, -0.2) is 37.9 Å². The van der Waals surface area contributed by atoms with Gasteiger partial charge in [-0.3, -0.25) is 10.3 Å². The first kappa shape index (κ1) is 17.4. The molecule has 2 N–H and O–H groups in total. The van der Waals surface area contributed by atoms with Gasteiger partial charge in [0, 0.05) is 30.1 Å². The van der Waals surface area contributed by atoms with Gasteiger partial charge in [-0.25, -0.2) is 9.67 Å². The highest BCUT2D eigenvalue weighted by Gasteiger charge is 2.39. The molecule has 7 heteroatoms. The van der Waals surface area contributed by atoms with Gasteiger partial charge in [0.25, 0.3) is 0 Å². The van der Waals surface area contributed by atoms with E-state index in [9.17, 15) is 0 Å². The van der Waals surface area contributed by atoms with Gasteiger partial charge in [-0.2, -0.15) is 16.9 Å². The van der Waals surface area contributed by atoms with Gasteiger partial charge in [0.15, 0.2) is 5.65 Å². The number of thioether (sulfide) groups is 1. The number of rotatable bonds is 4. The number of pyridine rings is 1. The van der Waals surface area contributed by atoms with Crippen LogP contribution in [0.15, 0.2) is 18.5 Å². The van der Waals surface area contributed by atoms with Crippen molar-refractivity contribution in [1.82, 2.24) is 20.2 Å². The van der Waals surface area contributed by atoms with Crippen molar-refractivity contribution in [1.29, 1.82) is 0 Å². The number of fused-ring (bicyclic) bond motifs is 1. The summed E-state index contributed by atoms with van der Waals surface area (Å²) in [5.74, 6) is 2.16. The monoisotopic (exact) mass is 385 g/mol. The van der Waals surface area contributed by atoms with Gasteiger partial charge in [-0.05, 0) is 38.0 Å². The number of aromatic nitrogens is 3. The molecule has 1 saturated carbocycles. The average Bonchev–Trinajstić information content (AvgIpc) is 3.44. The van der Waals surface area contributed by atoms with Crippen LogP contribution >= 0.6 is 11.8 Å². The van der Waals surface area contributed by atoms with Gasteiger partial charge in [-0.1, -0.05) is 19.3 Å². The quantitative estimate of drug-likeness (QED) is 0.831. The number of aryl methyl sites for hydroxylation is 1. The van der Waals surface area contributed by atoms with Crippen molar-refractivity contribution in [3.63, 3.8) is 0 Å². The van der Waals surface area contributed by atoms with Crippen LogP contribution in [0.5, 0.6) is 0 Å². The molecule has 1 atom stereocenters. The highest BCUT2D eigenvalue weighted by molar-refractivity contribution is 7.99. The van der Waals surface area contributed by atoms with E-state index in [0.29, 0.717) is 6.04 Å². The topological polar surface area (TPSA) is 64.0 Å². The van der Waals surface area contributed by atoms with Gasteiger partial charge in [0.2, 0.25) is 0 Å². The minimum atomic E-state index is -0.162. The molecule has 27 heavy (non-hydrogen) atoms. The summed E-state index contributed by atoms with van der Waals surface area (Å²) in [6, 6.07) is 0.520. The first-order valence-corrected chi connectivity index (χ1v) is 11.3. The number of hydrogen-bond acceptors (Lipinski definition) is 6. The number of anilines is 1. The minimum Gasteiger partial charge on any atom is -0.381 e. The molecular weight excluding hydrogens is 358 g/mol. The predicted octanol–water partition coefficient (Wildman–Crippen LogP) is 3.95. The molecule has 0 aromatic carbocycles. The van der Waals surface area contributed by atoms with Crippen LogP contribution < -0.4 is 10.8 Å². The number of hydroxylamine groups is 1. The molecule has 5 rings (SSSR count). The maximum atomic E-state index is 6.01. The maximum Gasteiger partial charge on any atom is 0.159 e. The standard InChI is InChI=1S/C20H27N5OS/c1-2-25-19-16(12-22-25)18(23-14-6-4-3-5-7-14)15(11-21-19)17-10-20(26-24-17)8-9-27-13-20/h10-12,14,24H,2-9,13H2,1H3,(H,21,23). The molecule has 6 nitrogen and oxygen atoms in total. The summed E-state index contributed by atoms with van der Waals surface area (Å²) in [4.78, 5) is 10.8. The second-order valence-electron chi connectivity index (χ2n) is 7.85. The normalized spacial score (nSPS) is 25.9. The fraction of sp³-hybridized carbons (Fsp3) is 0.600. The summed E-state index contributed by atoms with van der Waals surface area (Å²) in [6.45, 7) is 2.93. The molecule has 4 heterocycles. The zero-order valence-corrected chi connectivity index (χ0v) is 16.6. The first-order valence-electron chi connectivity index (χ1n) is 10.1. The molecule has 2 aromatic heterocycles. The van der Waals surface area contributed by atoms with Crippen molar-refractivity contribution in [2.45, 2.75) is 63.6 Å². The Labute approximate surface area is 164 Å². The van der Waals surface area contributed by atoms with Crippen LogP contribution in [0.2, 0.25) is 0 Å². The van der Waals surface area contributed by atoms with Crippen molar-refractivity contribution < 1.29 is 4.84 Å². The second kappa shape index (κ2) is 7.02. The van der Waals surface area contributed by atoms with E-state index in [4.69, 9.17) is 9.82 Å². The molecule has 1 spiro atoms. The molecule has 1 unspecified atom stereocenters. The van der Waals surface area contributed by atoms with E-state index in [2.05, 4.69) is 28.9 Å². The predicted molar refractivity (Wildman–Crippen MR) is 111 cm³/mol. The molecule has 1 saturated heterocycles.